The molecule has 0 saturated heterocycles. The number of fused-ring (bicyclic) bond motifs is 1. The molecule has 0 aliphatic heterocycles. The highest BCUT2D eigenvalue weighted by Gasteiger charge is 2.30. The number of methoxy groups -OCH3 is 1. The van der Waals surface area contributed by atoms with Gasteiger partial charge in [-0.1, -0.05) is 18.2 Å². The van der Waals surface area contributed by atoms with Crippen LogP contribution in [0.1, 0.15) is 15.9 Å². The van der Waals surface area contributed by atoms with Crippen molar-refractivity contribution in [1.29, 1.82) is 0 Å². The first kappa shape index (κ1) is 20.4. The van der Waals surface area contributed by atoms with E-state index >= 15 is 0 Å². The van der Waals surface area contributed by atoms with Crippen LogP contribution in [0.25, 0.3) is 22.6 Å². The number of carbonyl (C=O) groups is 1. The van der Waals surface area contributed by atoms with E-state index in [0.717, 1.165) is 7.11 Å². The Morgan fingerprint density at radius 3 is 2.32 bits per heavy atom. The van der Waals surface area contributed by atoms with E-state index in [1.165, 1.54) is 6.07 Å². The zero-order valence-electron chi connectivity index (χ0n) is 16.2. The minimum atomic E-state index is -1.86. The van der Waals surface area contributed by atoms with Gasteiger partial charge in [-0.2, -0.15) is 8.78 Å². The van der Waals surface area contributed by atoms with Crippen molar-refractivity contribution >= 4 is 22.7 Å². The summed E-state index contributed by atoms with van der Waals surface area (Å²) in [6, 6.07) is 11.9. The van der Waals surface area contributed by atoms with E-state index in [-0.39, 0.29) is 11.6 Å². The monoisotopic (exact) mass is 430 g/mol. The highest BCUT2D eigenvalue weighted by Crippen LogP contribution is 2.32. The Morgan fingerprint density at radius 2 is 1.68 bits per heavy atom. The van der Waals surface area contributed by atoms with Crippen LogP contribution in [0.5, 0.6) is 5.75 Å². The Hall–Kier alpha value is -3.88. The molecule has 1 heterocycles. The minimum absolute atomic E-state index is 0.153. The summed E-state index contributed by atoms with van der Waals surface area (Å²) in [6.45, 7) is 1.63. The lowest BCUT2D eigenvalue weighted by Crippen LogP contribution is -2.19. The molecule has 9 heteroatoms. The van der Waals surface area contributed by atoms with E-state index in [4.69, 9.17) is 4.42 Å². The van der Waals surface area contributed by atoms with Gasteiger partial charge in [0.05, 0.1) is 7.11 Å². The largest absolute Gasteiger partial charge is 0.491 e. The van der Waals surface area contributed by atoms with Gasteiger partial charge in [-0.25, -0.2) is 13.8 Å². The van der Waals surface area contributed by atoms with Crippen molar-refractivity contribution in [2.24, 2.45) is 0 Å². The van der Waals surface area contributed by atoms with E-state index < -0.39 is 40.5 Å². The van der Waals surface area contributed by atoms with Crippen molar-refractivity contribution in [3.63, 3.8) is 0 Å². The molecule has 4 aromatic rings. The fourth-order valence-electron chi connectivity index (χ4n) is 3.06. The Labute approximate surface area is 173 Å². The molecule has 0 aliphatic carbocycles. The molecule has 4 rings (SSSR count). The summed E-state index contributed by atoms with van der Waals surface area (Å²) < 4.78 is 66.4. The zero-order chi connectivity index (χ0) is 22.3. The molecule has 0 saturated carbocycles. The molecule has 0 spiro atoms. The molecular formula is C22H14F4N2O3. The second kappa shape index (κ2) is 7.75. The molecule has 3 aromatic carbocycles. The van der Waals surface area contributed by atoms with Gasteiger partial charge in [-0.15, -0.1) is 0 Å². The molecule has 1 N–H and O–H groups in total. The van der Waals surface area contributed by atoms with Gasteiger partial charge in [0, 0.05) is 11.3 Å². The third-order valence-corrected chi connectivity index (χ3v) is 4.68. The number of nitrogens with one attached hydrogen (secondary N) is 1. The van der Waals surface area contributed by atoms with Crippen molar-refractivity contribution in [2.75, 3.05) is 12.4 Å². The molecule has 1 aromatic heterocycles. The number of para-hydroxylation sites is 2. The van der Waals surface area contributed by atoms with Crippen LogP contribution in [-0.4, -0.2) is 18.0 Å². The number of oxazole rings is 1. The number of hydrogen-bond acceptors (Lipinski definition) is 4. The highest BCUT2D eigenvalue weighted by molar-refractivity contribution is 6.05. The quantitative estimate of drug-likeness (QED) is 0.337. The molecule has 0 aliphatic rings. The van der Waals surface area contributed by atoms with Crippen LogP contribution in [0.2, 0.25) is 0 Å². The summed E-state index contributed by atoms with van der Waals surface area (Å²) >= 11 is 0. The normalized spacial score (nSPS) is 11.0. The number of rotatable bonds is 4. The molecule has 0 atom stereocenters. The van der Waals surface area contributed by atoms with Gasteiger partial charge in [-0.05, 0) is 36.8 Å². The fourth-order valence-corrected chi connectivity index (χ4v) is 3.06. The average Bonchev–Trinajstić information content (AvgIpc) is 3.19. The van der Waals surface area contributed by atoms with Crippen molar-refractivity contribution in [2.45, 2.75) is 6.92 Å². The summed E-state index contributed by atoms with van der Waals surface area (Å²) in [4.78, 5) is 16.8. The number of ether oxygens (including phenoxy) is 1. The van der Waals surface area contributed by atoms with Gasteiger partial charge < -0.3 is 14.5 Å². The lowest BCUT2D eigenvalue weighted by molar-refractivity contribution is 0.101. The second-order valence-corrected chi connectivity index (χ2v) is 6.63. The fraction of sp³-hybridized carbons (Fsp3) is 0.0909. The van der Waals surface area contributed by atoms with E-state index in [9.17, 15) is 22.4 Å². The molecule has 0 bridgehead atoms. The maximum atomic E-state index is 14.3. The molecule has 158 valence electrons. The lowest BCUT2D eigenvalue weighted by Gasteiger charge is -2.13. The summed E-state index contributed by atoms with van der Waals surface area (Å²) in [5.74, 6) is -9.68. The van der Waals surface area contributed by atoms with Crippen molar-refractivity contribution in [3.8, 4) is 17.2 Å². The van der Waals surface area contributed by atoms with E-state index in [2.05, 4.69) is 15.0 Å². The van der Waals surface area contributed by atoms with Crippen molar-refractivity contribution < 1.29 is 31.5 Å². The van der Waals surface area contributed by atoms with Crippen LogP contribution < -0.4 is 10.1 Å². The number of benzene rings is 3. The highest BCUT2D eigenvalue weighted by atomic mass is 19.2. The number of anilines is 1. The summed E-state index contributed by atoms with van der Waals surface area (Å²) in [5.41, 5.74) is 0.935. The number of nitrogens with zero attached hydrogens (tertiary/aromatic N) is 1. The number of carbonyl (C=O) groups excluding carboxylic acids is 1. The Kier molecular flexibility index (Phi) is 5.10. The van der Waals surface area contributed by atoms with E-state index in [0.29, 0.717) is 22.2 Å². The van der Waals surface area contributed by atoms with Gasteiger partial charge in [0.25, 0.3) is 5.91 Å². The van der Waals surface area contributed by atoms with E-state index in [1.807, 2.05) is 0 Å². The summed E-state index contributed by atoms with van der Waals surface area (Å²) in [5, 5.41) is 2.28. The first-order chi connectivity index (χ1) is 14.8. The third-order valence-electron chi connectivity index (χ3n) is 4.68. The van der Waals surface area contributed by atoms with Gasteiger partial charge in [0.15, 0.2) is 23.0 Å². The Balaban J connectivity index is 1.72. The lowest BCUT2D eigenvalue weighted by atomic mass is 10.1. The van der Waals surface area contributed by atoms with Crippen molar-refractivity contribution in [3.05, 3.63) is 76.9 Å². The maximum Gasteiger partial charge on any atom is 0.261 e. The summed E-state index contributed by atoms with van der Waals surface area (Å²) in [7, 11) is 0.848. The van der Waals surface area contributed by atoms with Crippen LogP contribution >= 0.6 is 0 Å². The second-order valence-electron chi connectivity index (χ2n) is 6.63. The predicted octanol–water partition coefficient (Wildman–Crippen LogP) is 5.62. The SMILES string of the molecule is COc1c(F)c(F)c(C(=O)Nc2cc(-c3nc4ccccc4o3)ccc2C)c(F)c1F. The summed E-state index contributed by atoms with van der Waals surface area (Å²) in [6.07, 6.45) is 0. The third kappa shape index (κ3) is 3.48. The van der Waals surface area contributed by atoms with Gasteiger partial charge in [0.2, 0.25) is 17.5 Å². The first-order valence-electron chi connectivity index (χ1n) is 8.99. The first-order valence-corrected chi connectivity index (χ1v) is 8.99. The Morgan fingerprint density at radius 1 is 1.00 bits per heavy atom. The van der Waals surface area contributed by atoms with Crippen LogP contribution in [0.4, 0.5) is 23.2 Å². The van der Waals surface area contributed by atoms with E-state index in [1.54, 1.807) is 43.3 Å². The molecule has 0 fully saturated rings. The van der Waals surface area contributed by atoms with Gasteiger partial charge in [-0.3, -0.25) is 4.79 Å². The average molecular weight is 430 g/mol. The molecular weight excluding hydrogens is 416 g/mol. The molecule has 5 nitrogen and oxygen atoms in total. The standard InChI is InChI=1S/C22H14F4N2O3/c1-10-7-8-11(22-28-12-5-3-4-6-14(12)31-22)9-13(10)27-21(29)15-16(23)18(25)20(30-2)19(26)17(15)24/h3-9H,1-2H3,(H,27,29). The minimum Gasteiger partial charge on any atom is -0.491 e. The molecule has 0 unspecified atom stereocenters. The number of amides is 1. The smallest absolute Gasteiger partial charge is 0.261 e. The number of hydrogen-bond donors (Lipinski definition) is 1. The van der Waals surface area contributed by atoms with Crippen molar-refractivity contribution in [1.82, 2.24) is 4.98 Å². The zero-order valence-corrected chi connectivity index (χ0v) is 16.2. The number of aryl methyl sites for hydroxylation is 1. The maximum absolute atomic E-state index is 14.3. The van der Waals surface area contributed by atoms with Crippen LogP contribution in [0, 0.1) is 30.2 Å². The van der Waals surface area contributed by atoms with Gasteiger partial charge in [0.1, 0.15) is 11.1 Å². The number of aromatic nitrogens is 1. The Bertz CT molecular complexity index is 1270. The van der Waals surface area contributed by atoms with Crippen LogP contribution in [0.15, 0.2) is 46.9 Å². The van der Waals surface area contributed by atoms with Crippen LogP contribution in [0.3, 0.4) is 0 Å². The molecule has 1 amide bonds. The molecule has 0 radical (unpaired) electrons. The predicted molar refractivity (Wildman–Crippen MR) is 105 cm³/mol. The number of halogens is 4. The van der Waals surface area contributed by atoms with Gasteiger partial charge >= 0.3 is 0 Å². The van der Waals surface area contributed by atoms with Crippen LogP contribution in [-0.2, 0) is 0 Å². The topological polar surface area (TPSA) is 64.4 Å². The molecule has 31 heavy (non-hydrogen) atoms.